The number of nitrogens with zero attached hydrogens (tertiary/aromatic N) is 2. The van der Waals surface area contributed by atoms with Crippen LogP contribution in [0.2, 0.25) is 0 Å². The second kappa shape index (κ2) is 6.31. The van der Waals surface area contributed by atoms with Crippen molar-refractivity contribution in [2.75, 3.05) is 0 Å². The number of halogens is 1. The van der Waals surface area contributed by atoms with Gasteiger partial charge in [-0.2, -0.15) is 0 Å². The van der Waals surface area contributed by atoms with Crippen LogP contribution >= 0.6 is 15.9 Å². The van der Waals surface area contributed by atoms with E-state index in [-0.39, 0.29) is 17.9 Å². The summed E-state index contributed by atoms with van der Waals surface area (Å²) in [7, 11) is 0. The Balaban J connectivity index is 2.09. The van der Waals surface area contributed by atoms with Gasteiger partial charge in [-0.1, -0.05) is 15.9 Å². The number of hydrogen-bond donors (Lipinski definition) is 1. The Hall–Kier alpha value is -2.48. The molecule has 0 unspecified atom stereocenters. The first-order chi connectivity index (χ1) is 9.95. The van der Waals surface area contributed by atoms with Crippen molar-refractivity contribution in [1.82, 2.24) is 4.98 Å². The highest BCUT2D eigenvalue weighted by Crippen LogP contribution is 2.26. The average molecular weight is 353 g/mol. The Bertz CT molecular complexity index is 687. The van der Waals surface area contributed by atoms with Crippen molar-refractivity contribution < 1.29 is 19.6 Å². The maximum atomic E-state index is 10.7. The van der Waals surface area contributed by atoms with Crippen LogP contribution in [0, 0.1) is 10.1 Å². The number of carboxylic acid groups (broad SMARTS) is 1. The summed E-state index contributed by atoms with van der Waals surface area (Å²) < 4.78 is 5.95. The predicted octanol–water partition coefficient (Wildman–Crippen LogP) is 3.03. The third-order valence-electron chi connectivity index (χ3n) is 2.53. The fourth-order valence-corrected chi connectivity index (χ4v) is 1.99. The normalized spacial score (nSPS) is 10.1. The number of rotatable bonds is 5. The Morgan fingerprint density at radius 1 is 1.38 bits per heavy atom. The molecule has 2 aromatic rings. The summed E-state index contributed by atoms with van der Waals surface area (Å²) in [6, 6.07) is 7.20. The number of benzene rings is 1. The van der Waals surface area contributed by atoms with Crippen LogP contribution in [-0.4, -0.2) is 21.0 Å². The molecule has 0 bridgehead atoms. The lowest BCUT2D eigenvalue weighted by atomic mass is 10.2. The largest absolute Gasteiger partial charge is 0.487 e. The molecule has 0 aliphatic rings. The van der Waals surface area contributed by atoms with Gasteiger partial charge in [-0.3, -0.25) is 15.1 Å². The van der Waals surface area contributed by atoms with E-state index in [9.17, 15) is 14.9 Å². The molecular weight excluding hydrogens is 344 g/mol. The molecule has 0 saturated heterocycles. The van der Waals surface area contributed by atoms with Crippen molar-refractivity contribution in [1.29, 1.82) is 0 Å². The summed E-state index contributed by atoms with van der Waals surface area (Å²) in [5, 5.41) is 19.5. The van der Waals surface area contributed by atoms with E-state index in [1.807, 2.05) is 0 Å². The van der Waals surface area contributed by atoms with E-state index in [1.165, 1.54) is 30.5 Å². The van der Waals surface area contributed by atoms with Gasteiger partial charge in [0.1, 0.15) is 12.4 Å². The molecule has 1 aromatic carbocycles. The number of ether oxygens (including phenoxy) is 1. The van der Waals surface area contributed by atoms with Crippen molar-refractivity contribution in [3.63, 3.8) is 0 Å². The van der Waals surface area contributed by atoms with Gasteiger partial charge in [-0.15, -0.1) is 0 Å². The number of aromatic carboxylic acids is 1. The number of non-ortho nitro benzene ring substituents is 1. The number of pyridine rings is 1. The molecule has 0 radical (unpaired) electrons. The second-order valence-corrected chi connectivity index (χ2v) is 4.95. The van der Waals surface area contributed by atoms with Gasteiger partial charge in [-0.05, 0) is 18.2 Å². The zero-order chi connectivity index (χ0) is 15.4. The molecule has 7 nitrogen and oxygen atoms in total. The quantitative estimate of drug-likeness (QED) is 0.655. The van der Waals surface area contributed by atoms with Crippen molar-refractivity contribution in [2.45, 2.75) is 6.61 Å². The zero-order valence-electron chi connectivity index (χ0n) is 10.5. The molecule has 0 amide bonds. The molecule has 21 heavy (non-hydrogen) atoms. The van der Waals surface area contributed by atoms with Crippen LogP contribution in [0.25, 0.3) is 0 Å². The van der Waals surface area contributed by atoms with E-state index in [0.29, 0.717) is 15.9 Å². The van der Waals surface area contributed by atoms with E-state index in [4.69, 9.17) is 9.84 Å². The molecule has 0 spiro atoms. The first-order valence-corrected chi connectivity index (χ1v) is 6.51. The van der Waals surface area contributed by atoms with E-state index in [2.05, 4.69) is 20.9 Å². The lowest BCUT2D eigenvalue weighted by Gasteiger charge is -2.06. The average Bonchev–Trinajstić information content (AvgIpc) is 2.45. The van der Waals surface area contributed by atoms with Crippen LogP contribution < -0.4 is 4.74 Å². The maximum absolute atomic E-state index is 10.7. The maximum Gasteiger partial charge on any atom is 0.337 e. The molecular formula is C13H9BrN2O5. The summed E-state index contributed by atoms with van der Waals surface area (Å²) in [6.45, 7) is 0.0769. The summed E-state index contributed by atoms with van der Waals surface area (Å²) in [5.74, 6) is -0.738. The molecule has 8 heteroatoms. The predicted molar refractivity (Wildman–Crippen MR) is 76.3 cm³/mol. The van der Waals surface area contributed by atoms with Gasteiger partial charge in [0.25, 0.3) is 5.69 Å². The summed E-state index contributed by atoms with van der Waals surface area (Å²) in [5.41, 5.74) is 0.507. The van der Waals surface area contributed by atoms with Crippen molar-refractivity contribution in [3.8, 4) is 5.75 Å². The highest BCUT2D eigenvalue weighted by Gasteiger charge is 2.10. The third kappa shape index (κ3) is 3.99. The van der Waals surface area contributed by atoms with Crippen LogP contribution in [0.1, 0.15) is 16.1 Å². The minimum atomic E-state index is -1.06. The second-order valence-electron chi connectivity index (χ2n) is 4.03. The number of nitro benzene ring substituents is 1. The van der Waals surface area contributed by atoms with Crippen LogP contribution in [-0.2, 0) is 6.61 Å². The Kier molecular flexibility index (Phi) is 4.49. The molecule has 0 fully saturated rings. The monoisotopic (exact) mass is 352 g/mol. The first kappa shape index (κ1) is 14.9. The van der Waals surface area contributed by atoms with Crippen LogP contribution in [0.15, 0.2) is 41.0 Å². The fourth-order valence-electron chi connectivity index (χ4n) is 1.53. The summed E-state index contributed by atoms with van der Waals surface area (Å²) in [6.07, 6.45) is 1.23. The van der Waals surface area contributed by atoms with Gasteiger partial charge in [-0.25, -0.2) is 4.79 Å². The van der Waals surface area contributed by atoms with Gasteiger partial charge in [0.05, 0.1) is 22.2 Å². The topological polar surface area (TPSA) is 103 Å². The van der Waals surface area contributed by atoms with Gasteiger partial charge in [0.2, 0.25) is 0 Å². The van der Waals surface area contributed by atoms with Gasteiger partial charge in [0, 0.05) is 16.7 Å². The van der Waals surface area contributed by atoms with Crippen LogP contribution in [0.4, 0.5) is 5.69 Å². The van der Waals surface area contributed by atoms with Crippen LogP contribution in [0.5, 0.6) is 5.75 Å². The lowest BCUT2D eigenvalue weighted by Crippen LogP contribution is -2.02. The molecule has 1 N–H and O–H groups in total. The van der Waals surface area contributed by atoms with Gasteiger partial charge < -0.3 is 9.84 Å². The van der Waals surface area contributed by atoms with Crippen molar-refractivity contribution in [2.24, 2.45) is 0 Å². The molecule has 0 atom stereocenters. The van der Waals surface area contributed by atoms with Gasteiger partial charge >= 0.3 is 5.97 Å². The molecule has 0 aliphatic heterocycles. The minimum absolute atomic E-state index is 0.0769. The molecule has 1 aromatic heterocycles. The summed E-state index contributed by atoms with van der Waals surface area (Å²) >= 11 is 3.17. The van der Waals surface area contributed by atoms with E-state index < -0.39 is 10.9 Å². The van der Waals surface area contributed by atoms with Crippen molar-refractivity contribution in [3.05, 3.63) is 62.4 Å². The third-order valence-corrected chi connectivity index (χ3v) is 2.98. The molecule has 2 rings (SSSR count). The molecule has 0 saturated carbocycles. The van der Waals surface area contributed by atoms with E-state index in [0.717, 1.165) is 0 Å². The minimum Gasteiger partial charge on any atom is -0.487 e. The number of carboxylic acids is 1. The van der Waals surface area contributed by atoms with Crippen molar-refractivity contribution >= 4 is 27.6 Å². The number of nitro groups is 1. The number of aromatic nitrogens is 1. The lowest BCUT2D eigenvalue weighted by molar-refractivity contribution is -0.385. The SMILES string of the molecule is O=C(O)c1ccc(COc2cc(Br)cc([N+](=O)[O-])c2)nc1. The van der Waals surface area contributed by atoms with Crippen LogP contribution in [0.3, 0.4) is 0 Å². The standard InChI is InChI=1S/C13H9BrN2O5/c14-9-3-11(16(19)20)5-12(4-9)21-7-10-2-1-8(6-15-10)13(17)18/h1-6H,7H2,(H,17,18). The fraction of sp³-hybridized carbons (Fsp3) is 0.0769. The Morgan fingerprint density at radius 2 is 2.14 bits per heavy atom. The van der Waals surface area contributed by atoms with E-state index >= 15 is 0 Å². The molecule has 1 heterocycles. The Labute approximate surface area is 127 Å². The molecule has 108 valence electrons. The first-order valence-electron chi connectivity index (χ1n) is 5.72. The molecule has 0 aliphatic carbocycles. The zero-order valence-corrected chi connectivity index (χ0v) is 12.1. The highest BCUT2D eigenvalue weighted by atomic mass is 79.9. The smallest absolute Gasteiger partial charge is 0.337 e. The highest BCUT2D eigenvalue weighted by molar-refractivity contribution is 9.10. The summed E-state index contributed by atoms with van der Waals surface area (Å²) in [4.78, 5) is 24.9. The van der Waals surface area contributed by atoms with Gasteiger partial charge in [0.15, 0.2) is 0 Å². The number of carbonyl (C=O) groups is 1. The number of hydrogen-bond acceptors (Lipinski definition) is 5. The van der Waals surface area contributed by atoms with E-state index in [1.54, 1.807) is 6.07 Å². The Morgan fingerprint density at radius 3 is 2.71 bits per heavy atom.